The van der Waals surface area contributed by atoms with Gasteiger partial charge in [0.2, 0.25) is 0 Å². The summed E-state index contributed by atoms with van der Waals surface area (Å²) < 4.78 is 18.4. The van der Waals surface area contributed by atoms with Crippen LogP contribution in [-0.4, -0.2) is 50.1 Å². The van der Waals surface area contributed by atoms with Crippen LogP contribution in [0, 0.1) is 0 Å². The lowest BCUT2D eigenvalue weighted by Crippen LogP contribution is -2.50. The van der Waals surface area contributed by atoms with Crippen LogP contribution in [0.2, 0.25) is 18.1 Å². The van der Waals surface area contributed by atoms with Gasteiger partial charge in [-0.05, 0) is 42.1 Å². The van der Waals surface area contributed by atoms with Gasteiger partial charge in [-0.2, -0.15) is 0 Å². The first kappa shape index (κ1) is 27.7. The number of likely N-dealkylation sites (tertiary alicyclic amines) is 1. The van der Waals surface area contributed by atoms with Crippen LogP contribution in [0.25, 0.3) is 0 Å². The number of carbonyl (C=O) groups is 2. The maximum Gasteiger partial charge on any atom is 0.410 e. The van der Waals surface area contributed by atoms with Gasteiger partial charge in [0, 0.05) is 0 Å². The average molecular weight is 510 g/mol. The lowest BCUT2D eigenvalue weighted by molar-refractivity contribution is -0.138. The van der Waals surface area contributed by atoms with Crippen LogP contribution in [0.4, 0.5) is 4.79 Å². The number of nitrogens with zero attached hydrogens (tertiary/aromatic N) is 1. The average Bonchev–Trinajstić information content (AvgIpc) is 3.10. The summed E-state index contributed by atoms with van der Waals surface area (Å²) in [6.07, 6.45) is 1.20. The highest BCUT2D eigenvalue weighted by Gasteiger charge is 2.55. The van der Waals surface area contributed by atoms with E-state index in [9.17, 15) is 9.59 Å². The van der Waals surface area contributed by atoms with Crippen LogP contribution in [-0.2, 0) is 31.7 Å². The first-order chi connectivity index (χ1) is 17.1. The second-order valence-corrected chi connectivity index (χ2v) is 15.6. The third kappa shape index (κ3) is 6.45. The van der Waals surface area contributed by atoms with Crippen LogP contribution in [0.15, 0.2) is 73.3 Å². The van der Waals surface area contributed by atoms with Gasteiger partial charge in [-0.1, -0.05) is 87.5 Å². The van der Waals surface area contributed by atoms with Crippen molar-refractivity contribution in [2.24, 2.45) is 0 Å². The molecule has 1 aliphatic heterocycles. The van der Waals surface area contributed by atoms with Crippen LogP contribution >= 0.6 is 0 Å². The van der Waals surface area contributed by atoms with Crippen molar-refractivity contribution in [2.45, 2.75) is 82.6 Å². The Kier molecular flexibility index (Phi) is 9.14. The second-order valence-electron chi connectivity index (χ2n) is 10.8. The zero-order valence-electron chi connectivity index (χ0n) is 22.1. The predicted octanol–water partition coefficient (Wildman–Crippen LogP) is 6.13. The van der Waals surface area contributed by atoms with Gasteiger partial charge in [0.25, 0.3) is 6.47 Å². The fraction of sp³-hybridized carbons (Fsp3) is 0.448. The Morgan fingerprint density at radius 2 is 1.56 bits per heavy atom. The van der Waals surface area contributed by atoms with E-state index < -0.39 is 32.7 Å². The summed E-state index contributed by atoms with van der Waals surface area (Å²) in [4.78, 5) is 27.1. The molecule has 2 aromatic rings. The molecule has 4 atom stereocenters. The largest absolute Gasteiger partial charge is 0.460 e. The topological polar surface area (TPSA) is 65.1 Å². The van der Waals surface area contributed by atoms with Gasteiger partial charge < -0.3 is 13.9 Å². The highest BCUT2D eigenvalue weighted by Crippen LogP contribution is 2.42. The number of carbonyl (C=O) groups excluding carboxylic acids is 2. The molecule has 0 unspecified atom stereocenters. The van der Waals surface area contributed by atoms with E-state index in [-0.39, 0.29) is 17.7 Å². The minimum Gasteiger partial charge on any atom is -0.460 e. The Balaban J connectivity index is 2.00. The van der Waals surface area contributed by atoms with E-state index >= 15 is 0 Å². The molecule has 1 aliphatic rings. The molecule has 0 saturated carbocycles. The highest BCUT2D eigenvalue weighted by atomic mass is 28.4. The molecule has 0 bridgehead atoms. The molecule has 0 spiro atoms. The maximum absolute atomic E-state index is 13.6. The van der Waals surface area contributed by atoms with Crippen LogP contribution in [0.1, 0.15) is 38.3 Å². The molecule has 6 nitrogen and oxygen atoms in total. The van der Waals surface area contributed by atoms with E-state index in [4.69, 9.17) is 13.9 Å². The lowest BCUT2D eigenvalue weighted by atomic mass is 10.00. The first-order valence-electron chi connectivity index (χ1n) is 12.5. The molecule has 36 heavy (non-hydrogen) atoms. The van der Waals surface area contributed by atoms with Gasteiger partial charge in [-0.15, -0.1) is 6.58 Å². The van der Waals surface area contributed by atoms with E-state index in [1.54, 1.807) is 11.0 Å². The zero-order valence-corrected chi connectivity index (χ0v) is 23.1. The van der Waals surface area contributed by atoms with E-state index in [0.717, 1.165) is 11.1 Å². The summed E-state index contributed by atoms with van der Waals surface area (Å²) in [6, 6.07) is 18.7. The van der Waals surface area contributed by atoms with Crippen molar-refractivity contribution in [3.8, 4) is 0 Å². The van der Waals surface area contributed by atoms with Gasteiger partial charge in [0.15, 0.2) is 8.32 Å². The molecule has 1 amide bonds. The SMILES string of the molecule is C=CC[C@@H]1[C@@H](O[Si](C)(C)C(C)(C)C)[C@H](OC=O)[C@H](Cc2ccccc2)N1C(=O)OCc1ccccc1. The van der Waals surface area contributed by atoms with Crippen molar-refractivity contribution in [3.05, 3.63) is 84.4 Å². The van der Waals surface area contributed by atoms with Crippen molar-refractivity contribution < 1.29 is 23.5 Å². The van der Waals surface area contributed by atoms with E-state index in [1.165, 1.54) is 0 Å². The molecule has 0 aliphatic carbocycles. The van der Waals surface area contributed by atoms with Crippen molar-refractivity contribution in [2.75, 3.05) is 0 Å². The zero-order chi connectivity index (χ0) is 26.3. The lowest BCUT2D eigenvalue weighted by Gasteiger charge is -2.40. The highest BCUT2D eigenvalue weighted by molar-refractivity contribution is 6.74. The number of hydrogen-bond donors (Lipinski definition) is 0. The number of ether oxygens (including phenoxy) is 2. The van der Waals surface area contributed by atoms with Crippen LogP contribution < -0.4 is 0 Å². The molecular weight excluding hydrogens is 470 g/mol. The quantitative estimate of drug-likeness (QED) is 0.219. The monoisotopic (exact) mass is 509 g/mol. The van der Waals surface area contributed by atoms with E-state index in [2.05, 4.69) is 40.4 Å². The maximum atomic E-state index is 13.6. The van der Waals surface area contributed by atoms with Crippen molar-refractivity contribution >= 4 is 20.9 Å². The fourth-order valence-electron chi connectivity index (χ4n) is 4.45. The molecule has 3 rings (SSSR count). The van der Waals surface area contributed by atoms with Gasteiger partial charge in [0.05, 0.1) is 12.1 Å². The molecule has 1 heterocycles. The summed E-state index contributed by atoms with van der Waals surface area (Å²) in [7, 11) is -2.28. The Morgan fingerprint density at radius 1 is 0.972 bits per heavy atom. The summed E-state index contributed by atoms with van der Waals surface area (Å²) in [5.74, 6) is 0. The summed E-state index contributed by atoms with van der Waals surface area (Å²) >= 11 is 0. The van der Waals surface area contributed by atoms with E-state index in [1.807, 2.05) is 60.7 Å². The molecule has 0 radical (unpaired) electrons. The van der Waals surface area contributed by atoms with Crippen LogP contribution in [0.5, 0.6) is 0 Å². The third-order valence-corrected chi connectivity index (χ3v) is 11.8. The van der Waals surface area contributed by atoms with Gasteiger partial charge in [-0.25, -0.2) is 4.79 Å². The van der Waals surface area contributed by atoms with Crippen molar-refractivity contribution in [1.29, 1.82) is 0 Å². The summed E-state index contributed by atoms with van der Waals surface area (Å²) in [6.45, 7) is 15.4. The van der Waals surface area contributed by atoms with Crippen molar-refractivity contribution in [1.82, 2.24) is 4.90 Å². The third-order valence-electron chi connectivity index (χ3n) is 7.36. The Labute approximate surface area is 216 Å². The molecule has 7 heteroatoms. The molecule has 0 N–H and O–H groups in total. The molecule has 194 valence electrons. The minimum atomic E-state index is -2.28. The van der Waals surface area contributed by atoms with Gasteiger partial charge in [0.1, 0.15) is 18.8 Å². The van der Waals surface area contributed by atoms with Crippen molar-refractivity contribution in [3.63, 3.8) is 0 Å². The molecule has 0 aromatic heterocycles. The number of benzene rings is 2. The molecule has 1 fully saturated rings. The molecule has 2 aromatic carbocycles. The number of amides is 1. The Hall–Kier alpha value is -2.90. The smallest absolute Gasteiger partial charge is 0.410 e. The normalized spacial score (nSPS) is 22.2. The summed E-state index contributed by atoms with van der Waals surface area (Å²) in [5.41, 5.74) is 1.94. The summed E-state index contributed by atoms with van der Waals surface area (Å²) in [5, 5.41) is -0.0619. The standard InChI is InChI=1S/C29H39NO5Si/c1-7-14-24-27(35-36(5,6)29(2,3)4)26(34-21-31)25(19-22-15-10-8-11-16-22)30(24)28(32)33-20-23-17-12-9-13-18-23/h7-13,15-18,21,24-27H,1,14,19-20H2,2-6H3/t24-,25+,26-,27-/m1/s1. The van der Waals surface area contributed by atoms with Crippen LogP contribution in [0.3, 0.4) is 0 Å². The van der Waals surface area contributed by atoms with Gasteiger partial charge >= 0.3 is 6.09 Å². The first-order valence-corrected chi connectivity index (χ1v) is 15.4. The van der Waals surface area contributed by atoms with E-state index in [0.29, 0.717) is 19.3 Å². The number of hydrogen-bond acceptors (Lipinski definition) is 5. The Bertz CT molecular complexity index is 1010. The predicted molar refractivity (Wildman–Crippen MR) is 144 cm³/mol. The minimum absolute atomic E-state index is 0.0619. The second kappa shape index (κ2) is 11.9. The number of rotatable bonds is 10. The fourth-order valence-corrected chi connectivity index (χ4v) is 5.77. The Morgan fingerprint density at radius 3 is 2.08 bits per heavy atom. The molecule has 1 saturated heterocycles. The molecular formula is C29H39NO5Si. The van der Waals surface area contributed by atoms with Gasteiger partial charge in [-0.3, -0.25) is 9.69 Å².